The molecule has 6 aromatic rings. The number of aromatic amines is 4. The van der Waals surface area contributed by atoms with Gasteiger partial charge in [0.1, 0.15) is 30.3 Å². The van der Waals surface area contributed by atoms with Gasteiger partial charge in [0.2, 0.25) is 17.7 Å². The second-order valence-corrected chi connectivity index (χ2v) is 16.5. The lowest BCUT2D eigenvalue weighted by Crippen LogP contribution is -2.51. The Morgan fingerprint density at radius 3 is 2.12 bits per heavy atom. The standard InChI is InChI=1S/C43H52N10O6/c1-22(2)37(50-36(55)21-54)41(56)53-13-7-9-35(53)40-47-28-11-10-24(15-31(28)48-40)14-27-17-25-16-26-18-32(46-30(26)19-29(25)45-27)33-20-44-39(49-33)34-8-6-12-52(34)42(57)38(23(3)4)51-43(58)59-5/h10-11,15-20,22-23,34-35,37-38,45-46,54H,6-9,12-14,21H2,1-5H3,(H,44,49)(H,47,48)(H,50,55)(H,51,58)/t34?,35?,37-,38+/m0/s1. The number of aliphatic hydroxyl groups excluding tert-OH is 1. The smallest absolute Gasteiger partial charge is 0.407 e. The first-order valence-corrected chi connectivity index (χ1v) is 20.4. The molecular weight excluding hydrogens is 753 g/mol. The van der Waals surface area contributed by atoms with E-state index in [1.54, 1.807) is 11.1 Å². The Bertz CT molecular complexity index is 2480. The summed E-state index contributed by atoms with van der Waals surface area (Å²) in [7, 11) is 1.29. The lowest BCUT2D eigenvalue weighted by molar-refractivity contribution is -0.139. The molecule has 0 aliphatic carbocycles. The molecule has 16 nitrogen and oxygen atoms in total. The van der Waals surface area contributed by atoms with E-state index in [-0.39, 0.29) is 35.7 Å². The number of amides is 4. The summed E-state index contributed by atoms with van der Waals surface area (Å²) in [5.74, 6) is 0.314. The van der Waals surface area contributed by atoms with Gasteiger partial charge in [-0.2, -0.15) is 0 Å². The van der Waals surface area contributed by atoms with Crippen LogP contribution in [-0.2, 0) is 25.5 Å². The quantitative estimate of drug-likeness (QED) is 0.0854. The van der Waals surface area contributed by atoms with E-state index < -0.39 is 30.7 Å². The maximum Gasteiger partial charge on any atom is 0.407 e. The second kappa shape index (κ2) is 16.2. The predicted octanol–water partition coefficient (Wildman–Crippen LogP) is 5.35. The molecule has 2 aliphatic heterocycles. The first kappa shape index (κ1) is 39.7. The molecule has 310 valence electrons. The molecule has 4 aromatic heterocycles. The third-order valence-corrected chi connectivity index (χ3v) is 11.7. The molecule has 0 bridgehead atoms. The lowest BCUT2D eigenvalue weighted by Gasteiger charge is -2.30. The van der Waals surface area contributed by atoms with E-state index in [9.17, 15) is 24.3 Å². The van der Waals surface area contributed by atoms with E-state index in [1.807, 2.05) is 38.7 Å². The minimum Gasteiger partial charge on any atom is -0.453 e. The highest BCUT2D eigenvalue weighted by Gasteiger charge is 2.39. The first-order valence-electron chi connectivity index (χ1n) is 20.4. The summed E-state index contributed by atoms with van der Waals surface area (Å²) >= 11 is 0. The van der Waals surface area contributed by atoms with Crippen molar-refractivity contribution in [3.63, 3.8) is 0 Å². The largest absolute Gasteiger partial charge is 0.453 e. The number of carbonyl (C=O) groups is 4. The molecule has 4 amide bonds. The third kappa shape index (κ3) is 7.88. The SMILES string of the molecule is COC(=O)N[C@@H](C(=O)N1CCCC1c1ncc(-c2cc3cc4cc(Cc5ccc6nc(C7CCCN7C(=O)[C@@H](NC(=O)CO)C(C)C)[nH]c6c5)[nH]c4cc3[nH]2)[nH]1)C(C)C. The lowest BCUT2D eigenvalue weighted by atomic mass is 10.0. The molecule has 6 heterocycles. The number of nitrogens with zero attached hydrogens (tertiary/aromatic N) is 4. The van der Waals surface area contributed by atoms with Crippen molar-refractivity contribution in [2.75, 3.05) is 26.8 Å². The van der Waals surface area contributed by atoms with E-state index >= 15 is 0 Å². The zero-order chi connectivity index (χ0) is 41.5. The van der Waals surface area contributed by atoms with Gasteiger partial charge in [0.05, 0.1) is 47.8 Å². The number of benzene rings is 2. The molecule has 2 fully saturated rings. The molecule has 0 spiro atoms. The Morgan fingerprint density at radius 2 is 1.44 bits per heavy atom. The fraction of sp³-hybridized carbons (Fsp3) is 0.442. The minimum atomic E-state index is -0.723. The normalized spacial score (nSPS) is 18.1. The summed E-state index contributed by atoms with van der Waals surface area (Å²) in [6, 6.07) is 12.9. The average molecular weight is 805 g/mol. The number of hydrogen-bond donors (Lipinski definition) is 7. The van der Waals surface area contributed by atoms with Crippen molar-refractivity contribution in [1.82, 2.24) is 50.3 Å². The minimum absolute atomic E-state index is 0.112. The summed E-state index contributed by atoms with van der Waals surface area (Å²) < 4.78 is 4.77. The highest BCUT2D eigenvalue weighted by molar-refractivity contribution is 5.98. The van der Waals surface area contributed by atoms with Crippen LogP contribution in [0.1, 0.15) is 88.4 Å². The van der Waals surface area contributed by atoms with Gasteiger partial charge in [0.25, 0.3) is 0 Å². The van der Waals surface area contributed by atoms with Gasteiger partial charge in [-0.25, -0.2) is 14.8 Å². The summed E-state index contributed by atoms with van der Waals surface area (Å²) in [6.07, 6.45) is 5.06. The topological polar surface area (TPSA) is 217 Å². The monoisotopic (exact) mass is 804 g/mol. The van der Waals surface area contributed by atoms with Crippen molar-refractivity contribution in [1.29, 1.82) is 0 Å². The summed E-state index contributed by atoms with van der Waals surface area (Å²) in [6.45, 7) is 8.06. The molecule has 0 saturated carbocycles. The summed E-state index contributed by atoms with van der Waals surface area (Å²) in [5, 5.41) is 16.8. The Balaban J connectivity index is 0.959. The van der Waals surface area contributed by atoms with E-state index in [1.165, 1.54) is 7.11 Å². The number of hydrogen-bond acceptors (Lipinski definition) is 8. The Morgan fingerprint density at radius 1 is 0.780 bits per heavy atom. The van der Waals surface area contributed by atoms with Crippen LogP contribution < -0.4 is 10.6 Å². The number of H-pyrrole nitrogens is 4. The van der Waals surface area contributed by atoms with E-state index in [0.717, 1.165) is 87.0 Å². The van der Waals surface area contributed by atoms with Crippen molar-refractivity contribution in [2.24, 2.45) is 11.8 Å². The number of ether oxygens (including phenoxy) is 1. The van der Waals surface area contributed by atoms with E-state index in [0.29, 0.717) is 25.3 Å². The molecule has 16 heteroatoms. The van der Waals surface area contributed by atoms with Crippen LogP contribution >= 0.6 is 0 Å². The van der Waals surface area contributed by atoms with Crippen LogP contribution in [0.4, 0.5) is 4.79 Å². The second-order valence-electron chi connectivity index (χ2n) is 16.5. The number of imidazole rings is 2. The first-order chi connectivity index (χ1) is 28.4. The van der Waals surface area contributed by atoms with Crippen molar-refractivity contribution in [2.45, 2.75) is 84.0 Å². The molecule has 0 radical (unpaired) electrons. The number of aliphatic hydroxyl groups is 1. The van der Waals surface area contributed by atoms with Crippen LogP contribution in [0, 0.1) is 11.8 Å². The van der Waals surface area contributed by atoms with Crippen LogP contribution in [0.2, 0.25) is 0 Å². The van der Waals surface area contributed by atoms with Gasteiger partial charge in [-0.1, -0.05) is 33.8 Å². The number of likely N-dealkylation sites (tertiary alicyclic amines) is 2. The van der Waals surface area contributed by atoms with E-state index in [4.69, 9.17) is 14.7 Å². The predicted molar refractivity (Wildman–Crippen MR) is 222 cm³/mol. The van der Waals surface area contributed by atoms with Crippen LogP contribution in [-0.4, -0.2) is 108 Å². The molecular formula is C43H52N10O6. The Kier molecular flexibility index (Phi) is 10.9. The zero-order valence-corrected chi connectivity index (χ0v) is 34.0. The van der Waals surface area contributed by atoms with Gasteiger partial charge >= 0.3 is 6.09 Å². The highest BCUT2D eigenvalue weighted by atomic mass is 16.5. The fourth-order valence-corrected chi connectivity index (χ4v) is 8.69. The van der Waals surface area contributed by atoms with Crippen LogP contribution in [0.5, 0.6) is 0 Å². The van der Waals surface area contributed by atoms with Crippen LogP contribution in [0.25, 0.3) is 44.2 Å². The molecule has 2 aliphatic rings. The maximum absolute atomic E-state index is 13.6. The summed E-state index contributed by atoms with van der Waals surface area (Å²) in [5.41, 5.74) is 7.60. The van der Waals surface area contributed by atoms with Crippen LogP contribution in [0.15, 0.2) is 48.7 Å². The molecule has 8 rings (SSSR count). The Hall–Kier alpha value is -6.16. The van der Waals surface area contributed by atoms with E-state index in [2.05, 4.69) is 67.0 Å². The molecule has 2 saturated heterocycles. The fourth-order valence-electron chi connectivity index (χ4n) is 8.69. The van der Waals surface area contributed by atoms with Gasteiger partial charge < -0.3 is 50.2 Å². The van der Waals surface area contributed by atoms with Crippen molar-refractivity contribution in [3.8, 4) is 11.4 Å². The van der Waals surface area contributed by atoms with Crippen molar-refractivity contribution < 1.29 is 29.0 Å². The molecule has 4 atom stereocenters. The van der Waals surface area contributed by atoms with Gasteiger partial charge in [-0.05, 0) is 79.5 Å². The van der Waals surface area contributed by atoms with Gasteiger partial charge in [0.15, 0.2) is 0 Å². The van der Waals surface area contributed by atoms with Crippen molar-refractivity contribution >= 4 is 56.7 Å². The molecule has 2 unspecified atom stereocenters. The van der Waals surface area contributed by atoms with Crippen LogP contribution in [0.3, 0.4) is 0 Å². The number of methoxy groups -OCH3 is 1. The third-order valence-electron chi connectivity index (χ3n) is 11.7. The van der Waals surface area contributed by atoms with Gasteiger partial charge in [-0.3, -0.25) is 14.4 Å². The number of nitrogens with one attached hydrogen (secondary N) is 6. The number of rotatable bonds is 12. The molecule has 59 heavy (non-hydrogen) atoms. The molecule has 2 aromatic carbocycles. The van der Waals surface area contributed by atoms with Gasteiger partial charge in [-0.15, -0.1) is 0 Å². The van der Waals surface area contributed by atoms with Gasteiger partial charge in [0, 0.05) is 47.0 Å². The zero-order valence-electron chi connectivity index (χ0n) is 34.0. The Labute approximate surface area is 340 Å². The number of alkyl carbamates (subject to hydrolysis) is 1. The highest BCUT2D eigenvalue weighted by Crippen LogP contribution is 2.35. The average Bonchev–Trinajstić information content (AvgIpc) is 4.07. The number of aromatic nitrogens is 6. The number of carbonyl (C=O) groups excluding carboxylic acids is 4. The maximum atomic E-state index is 13.6. The molecule has 7 N–H and O–H groups in total. The number of fused-ring (bicyclic) bond motifs is 3. The van der Waals surface area contributed by atoms with Crippen molar-refractivity contribution in [3.05, 3.63) is 71.6 Å². The summed E-state index contributed by atoms with van der Waals surface area (Å²) in [4.78, 5) is 78.4.